The minimum absolute atomic E-state index is 0.106. The third-order valence-corrected chi connectivity index (χ3v) is 3.72. The molecular formula is C18H18N2O3. The van der Waals surface area contributed by atoms with Gasteiger partial charge in [-0.2, -0.15) is 0 Å². The van der Waals surface area contributed by atoms with Crippen LogP contribution in [0.25, 0.3) is 0 Å². The number of carbonyl (C=O) groups is 2. The first-order valence-electron chi connectivity index (χ1n) is 7.42. The third-order valence-electron chi connectivity index (χ3n) is 3.72. The minimum atomic E-state index is -0.541. The molecule has 0 unspecified atom stereocenters. The van der Waals surface area contributed by atoms with Crippen LogP contribution in [0.5, 0.6) is 5.75 Å². The molecule has 1 aliphatic rings. The van der Waals surface area contributed by atoms with Gasteiger partial charge in [-0.1, -0.05) is 24.3 Å². The Hall–Kier alpha value is -2.82. The number of nitrogens with one attached hydrogen (secondary N) is 1. The summed E-state index contributed by atoms with van der Waals surface area (Å²) in [5, 5.41) is 2.82. The Kier molecular flexibility index (Phi) is 4.02. The molecule has 0 aliphatic carbocycles. The van der Waals surface area contributed by atoms with Gasteiger partial charge < -0.3 is 15.0 Å². The third kappa shape index (κ3) is 3.18. The van der Waals surface area contributed by atoms with E-state index in [1.165, 1.54) is 4.90 Å². The number of benzene rings is 2. The molecule has 1 heterocycles. The van der Waals surface area contributed by atoms with E-state index in [0.29, 0.717) is 17.7 Å². The van der Waals surface area contributed by atoms with Crippen LogP contribution in [0, 0.1) is 0 Å². The molecule has 2 aromatic carbocycles. The van der Waals surface area contributed by atoms with Crippen LogP contribution in [0.4, 0.5) is 5.69 Å². The van der Waals surface area contributed by atoms with Gasteiger partial charge in [-0.3, -0.25) is 9.59 Å². The number of anilines is 1. The first-order chi connectivity index (χ1) is 11.0. The highest BCUT2D eigenvalue weighted by molar-refractivity contribution is 5.98. The van der Waals surface area contributed by atoms with Crippen molar-refractivity contribution in [3.05, 3.63) is 59.7 Å². The molecule has 0 aromatic heterocycles. The van der Waals surface area contributed by atoms with Gasteiger partial charge in [-0.25, -0.2) is 0 Å². The maximum absolute atomic E-state index is 12.4. The minimum Gasteiger partial charge on any atom is -0.480 e. The molecule has 1 N–H and O–H groups in total. The van der Waals surface area contributed by atoms with E-state index in [0.717, 1.165) is 11.3 Å². The largest absolute Gasteiger partial charge is 0.480 e. The van der Waals surface area contributed by atoms with Crippen LogP contribution >= 0.6 is 0 Å². The number of ether oxygens (including phenoxy) is 1. The molecule has 2 aromatic rings. The Balaban J connectivity index is 1.70. The van der Waals surface area contributed by atoms with Gasteiger partial charge in [0.2, 0.25) is 0 Å². The number of hydrogen-bond acceptors (Lipinski definition) is 3. The zero-order valence-corrected chi connectivity index (χ0v) is 13.1. The van der Waals surface area contributed by atoms with Crippen LogP contribution in [0.3, 0.4) is 0 Å². The van der Waals surface area contributed by atoms with E-state index in [-0.39, 0.29) is 11.8 Å². The van der Waals surface area contributed by atoms with Crippen molar-refractivity contribution in [3.63, 3.8) is 0 Å². The van der Waals surface area contributed by atoms with E-state index in [1.54, 1.807) is 38.4 Å². The molecule has 1 atom stereocenters. The van der Waals surface area contributed by atoms with Crippen molar-refractivity contribution in [1.82, 2.24) is 4.90 Å². The van der Waals surface area contributed by atoms with Crippen LogP contribution in [0.1, 0.15) is 15.9 Å². The lowest BCUT2D eigenvalue weighted by Crippen LogP contribution is -2.31. The number of rotatable bonds is 3. The van der Waals surface area contributed by atoms with E-state index in [1.807, 2.05) is 24.3 Å². The van der Waals surface area contributed by atoms with Crippen molar-refractivity contribution in [2.75, 3.05) is 19.4 Å². The maximum atomic E-state index is 12.4. The predicted octanol–water partition coefficient (Wildman–Crippen LogP) is 2.33. The fourth-order valence-corrected chi connectivity index (χ4v) is 2.54. The van der Waals surface area contributed by atoms with Gasteiger partial charge in [-0.15, -0.1) is 0 Å². The van der Waals surface area contributed by atoms with E-state index in [2.05, 4.69) is 5.32 Å². The SMILES string of the molecule is CN(C)C(=O)c1cccc(NC(=O)[C@H]2Cc3ccccc3O2)c1. The average Bonchev–Trinajstić information content (AvgIpc) is 2.98. The fraction of sp³-hybridized carbons (Fsp3) is 0.222. The van der Waals surface area contributed by atoms with Gasteiger partial charge in [0.05, 0.1) is 0 Å². The first kappa shape index (κ1) is 15.1. The first-order valence-corrected chi connectivity index (χ1v) is 7.42. The van der Waals surface area contributed by atoms with Crippen molar-refractivity contribution < 1.29 is 14.3 Å². The highest BCUT2D eigenvalue weighted by Crippen LogP contribution is 2.28. The Bertz CT molecular complexity index is 730. The standard InChI is InChI=1S/C18H18N2O3/c1-20(2)18(22)13-7-5-8-14(10-13)19-17(21)16-11-12-6-3-4-9-15(12)23-16/h3-10,16H,11H2,1-2H3,(H,19,21)/t16-/m1/s1. The van der Waals surface area contributed by atoms with Crippen LogP contribution in [-0.4, -0.2) is 36.9 Å². The monoisotopic (exact) mass is 310 g/mol. The number of carbonyl (C=O) groups excluding carboxylic acids is 2. The van der Waals surface area contributed by atoms with E-state index >= 15 is 0 Å². The van der Waals surface area contributed by atoms with Crippen molar-refractivity contribution >= 4 is 17.5 Å². The molecule has 23 heavy (non-hydrogen) atoms. The Labute approximate surface area is 134 Å². The summed E-state index contributed by atoms with van der Waals surface area (Å²) in [5.41, 5.74) is 2.15. The Morgan fingerprint density at radius 3 is 2.65 bits per heavy atom. The van der Waals surface area contributed by atoms with Crippen molar-refractivity contribution in [2.24, 2.45) is 0 Å². The van der Waals surface area contributed by atoms with Gasteiger partial charge in [0, 0.05) is 31.8 Å². The summed E-state index contributed by atoms with van der Waals surface area (Å²) in [6.07, 6.45) is 0.0128. The molecule has 118 valence electrons. The van der Waals surface area contributed by atoms with Crippen LogP contribution in [-0.2, 0) is 11.2 Å². The van der Waals surface area contributed by atoms with E-state index < -0.39 is 6.10 Å². The molecule has 0 saturated heterocycles. The molecule has 0 radical (unpaired) electrons. The second-order valence-electron chi connectivity index (χ2n) is 5.69. The summed E-state index contributed by atoms with van der Waals surface area (Å²) in [7, 11) is 3.38. The topological polar surface area (TPSA) is 58.6 Å². The molecule has 5 heteroatoms. The summed E-state index contributed by atoms with van der Waals surface area (Å²) in [6, 6.07) is 14.5. The lowest BCUT2D eigenvalue weighted by molar-refractivity contribution is -0.122. The molecule has 0 bridgehead atoms. The number of amides is 2. The number of hydrogen-bond donors (Lipinski definition) is 1. The summed E-state index contributed by atoms with van der Waals surface area (Å²) in [5.74, 6) is 0.436. The summed E-state index contributed by atoms with van der Waals surface area (Å²) in [4.78, 5) is 25.8. The lowest BCUT2D eigenvalue weighted by atomic mass is 10.1. The molecule has 0 spiro atoms. The number of nitrogens with zero attached hydrogens (tertiary/aromatic N) is 1. The van der Waals surface area contributed by atoms with Gasteiger partial charge in [-0.05, 0) is 29.8 Å². The number of para-hydroxylation sites is 1. The van der Waals surface area contributed by atoms with Crippen LogP contribution in [0.2, 0.25) is 0 Å². The average molecular weight is 310 g/mol. The molecule has 0 saturated carbocycles. The van der Waals surface area contributed by atoms with Crippen molar-refractivity contribution in [1.29, 1.82) is 0 Å². The molecule has 3 rings (SSSR count). The maximum Gasteiger partial charge on any atom is 0.265 e. The second kappa shape index (κ2) is 6.12. The molecule has 5 nitrogen and oxygen atoms in total. The number of fused-ring (bicyclic) bond motifs is 1. The molecule has 0 fully saturated rings. The Morgan fingerprint density at radius 2 is 1.91 bits per heavy atom. The van der Waals surface area contributed by atoms with Crippen molar-refractivity contribution in [2.45, 2.75) is 12.5 Å². The summed E-state index contributed by atoms with van der Waals surface area (Å²) in [6.45, 7) is 0. The smallest absolute Gasteiger partial charge is 0.265 e. The van der Waals surface area contributed by atoms with Crippen LogP contribution < -0.4 is 10.1 Å². The molecule has 1 aliphatic heterocycles. The van der Waals surface area contributed by atoms with Gasteiger partial charge in [0.15, 0.2) is 6.10 Å². The molecule has 2 amide bonds. The quantitative estimate of drug-likeness (QED) is 0.946. The van der Waals surface area contributed by atoms with E-state index in [4.69, 9.17) is 4.74 Å². The highest BCUT2D eigenvalue weighted by Gasteiger charge is 2.28. The van der Waals surface area contributed by atoms with Gasteiger partial charge in [0.1, 0.15) is 5.75 Å². The normalized spacial score (nSPS) is 15.5. The summed E-state index contributed by atoms with van der Waals surface area (Å²) >= 11 is 0. The fourth-order valence-electron chi connectivity index (χ4n) is 2.54. The lowest BCUT2D eigenvalue weighted by Gasteiger charge is -2.13. The molecular weight excluding hydrogens is 292 g/mol. The van der Waals surface area contributed by atoms with Crippen LogP contribution in [0.15, 0.2) is 48.5 Å². The highest BCUT2D eigenvalue weighted by atomic mass is 16.5. The van der Waals surface area contributed by atoms with Crippen molar-refractivity contribution in [3.8, 4) is 5.75 Å². The predicted molar refractivity (Wildman–Crippen MR) is 87.7 cm³/mol. The van der Waals surface area contributed by atoms with Gasteiger partial charge in [0.25, 0.3) is 11.8 Å². The van der Waals surface area contributed by atoms with Gasteiger partial charge >= 0.3 is 0 Å². The zero-order valence-electron chi connectivity index (χ0n) is 13.1. The summed E-state index contributed by atoms with van der Waals surface area (Å²) < 4.78 is 5.67. The Morgan fingerprint density at radius 1 is 1.13 bits per heavy atom. The second-order valence-corrected chi connectivity index (χ2v) is 5.69. The zero-order chi connectivity index (χ0) is 16.4. The van der Waals surface area contributed by atoms with E-state index in [9.17, 15) is 9.59 Å².